The van der Waals surface area contributed by atoms with Gasteiger partial charge in [-0.05, 0) is 6.04 Å². The second-order valence-corrected chi connectivity index (χ2v) is 3.98. The molecule has 2 radical (unpaired) electrons. The zero-order chi connectivity index (χ0) is 10.1. The fourth-order valence-corrected chi connectivity index (χ4v) is 1.70. The molecule has 1 aromatic heterocycles. The van der Waals surface area contributed by atoms with E-state index in [1.807, 2.05) is 24.0 Å². The van der Waals surface area contributed by atoms with Crippen molar-refractivity contribution in [2.45, 2.75) is 19.9 Å². The largest absolute Gasteiger partial charge is 0.373 e. The first-order valence-corrected chi connectivity index (χ1v) is 5.03. The number of aromatic nitrogens is 2. The van der Waals surface area contributed by atoms with Crippen LogP contribution in [0.1, 0.15) is 13.8 Å². The summed E-state index contributed by atoms with van der Waals surface area (Å²) in [6, 6.07) is 0.570. The first-order chi connectivity index (χ1) is 6.68. The molecule has 0 amide bonds. The minimum absolute atomic E-state index is 0. The SMILES string of the molecule is CC(C)N1[B]N(c2nccn2C)CC1.[Ir]. The molecule has 15 heavy (non-hydrogen) atoms. The van der Waals surface area contributed by atoms with Crippen LogP contribution in [0.15, 0.2) is 12.4 Å². The number of rotatable bonds is 2. The Balaban J connectivity index is 0.00000112. The maximum Gasteiger partial charge on any atom is 0.354 e. The van der Waals surface area contributed by atoms with E-state index in [4.69, 9.17) is 0 Å². The van der Waals surface area contributed by atoms with Gasteiger partial charge < -0.3 is 14.2 Å². The summed E-state index contributed by atoms with van der Waals surface area (Å²) in [6.45, 7) is 6.53. The molecule has 0 atom stereocenters. The van der Waals surface area contributed by atoms with Crippen molar-refractivity contribution in [2.75, 3.05) is 17.9 Å². The van der Waals surface area contributed by atoms with E-state index in [2.05, 4.69) is 36.0 Å². The van der Waals surface area contributed by atoms with Crippen molar-refractivity contribution in [3.63, 3.8) is 0 Å². The van der Waals surface area contributed by atoms with Crippen molar-refractivity contribution in [2.24, 2.45) is 7.05 Å². The molecule has 0 spiro atoms. The van der Waals surface area contributed by atoms with Crippen molar-refractivity contribution >= 4 is 13.5 Å². The molecule has 6 heteroatoms. The van der Waals surface area contributed by atoms with Gasteiger partial charge in [0, 0.05) is 52.6 Å². The topological polar surface area (TPSA) is 24.3 Å². The molecular weight excluding hydrogens is 367 g/mol. The van der Waals surface area contributed by atoms with E-state index < -0.39 is 0 Å². The smallest absolute Gasteiger partial charge is 0.354 e. The zero-order valence-corrected chi connectivity index (χ0v) is 11.7. The van der Waals surface area contributed by atoms with E-state index in [1.165, 1.54) is 0 Å². The van der Waals surface area contributed by atoms with E-state index >= 15 is 0 Å². The molecule has 1 aliphatic rings. The summed E-state index contributed by atoms with van der Waals surface area (Å²) in [6.07, 6.45) is 3.81. The molecule has 0 N–H and O–H groups in total. The zero-order valence-electron chi connectivity index (χ0n) is 9.35. The molecule has 1 fully saturated rings. The maximum absolute atomic E-state index is 4.32. The number of nitrogens with zero attached hydrogens (tertiary/aromatic N) is 4. The van der Waals surface area contributed by atoms with Crippen LogP contribution in [0.5, 0.6) is 0 Å². The number of anilines is 1. The van der Waals surface area contributed by atoms with Gasteiger partial charge in [0.2, 0.25) is 0 Å². The van der Waals surface area contributed by atoms with E-state index in [0.29, 0.717) is 6.04 Å². The van der Waals surface area contributed by atoms with Gasteiger partial charge in [0.15, 0.2) is 5.95 Å². The minimum atomic E-state index is 0. The van der Waals surface area contributed by atoms with E-state index in [9.17, 15) is 0 Å². The van der Waals surface area contributed by atoms with Crippen molar-refractivity contribution in [1.82, 2.24) is 14.4 Å². The van der Waals surface area contributed by atoms with Gasteiger partial charge in [-0.1, -0.05) is 13.8 Å². The Kier molecular flexibility index (Phi) is 4.37. The fourth-order valence-electron chi connectivity index (χ4n) is 1.70. The van der Waals surface area contributed by atoms with Crippen LogP contribution in [0.2, 0.25) is 0 Å². The molecule has 0 bridgehead atoms. The van der Waals surface area contributed by atoms with Crippen LogP contribution in [0.3, 0.4) is 0 Å². The molecule has 1 aromatic rings. The quantitative estimate of drug-likeness (QED) is 0.695. The van der Waals surface area contributed by atoms with Crippen molar-refractivity contribution in [3.8, 4) is 0 Å². The summed E-state index contributed by atoms with van der Waals surface area (Å²) in [4.78, 5) is 8.85. The Labute approximate surface area is 105 Å². The van der Waals surface area contributed by atoms with Crippen LogP contribution >= 0.6 is 0 Å². The third-order valence-electron chi connectivity index (χ3n) is 2.60. The molecule has 84 valence electrons. The second-order valence-electron chi connectivity index (χ2n) is 3.98. The van der Waals surface area contributed by atoms with Crippen LogP contribution in [0, 0.1) is 0 Å². The van der Waals surface area contributed by atoms with Gasteiger partial charge in [-0.3, -0.25) is 0 Å². The van der Waals surface area contributed by atoms with Gasteiger partial charge in [-0.2, -0.15) is 0 Å². The average Bonchev–Trinajstić information content (AvgIpc) is 2.71. The first-order valence-electron chi connectivity index (χ1n) is 5.03. The third-order valence-corrected chi connectivity index (χ3v) is 2.60. The Morgan fingerprint density at radius 2 is 2.13 bits per heavy atom. The third kappa shape index (κ3) is 2.62. The molecule has 0 aliphatic carbocycles. The van der Waals surface area contributed by atoms with E-state index in [1.54, 1.807) is 0 Å². The normalized spacial score (nSPS) is 16.7. The number of aryl methyl sites for hydroxylation is 1. The van der Waals surface area contributed by atoms with Crippen molar-refractivity contribution < 1.29 is 20.1 Å². The summed E-state index contributed by atoms with van der Waals surface area (Å²) in [5.74, 6) is 1.02. The van der Waals surface area contributed by atoms with Crippen LogP contribution in [0.4, 0.5) is 5.95 Å². The molecule has 1 saturated heterocycles. The average molecular weight is 383 g/mol. The van der Waals surface area contributed by atoms with Gasteiger partial charge >= 0.3 is 7.55 Å². The summed E-state index contributed by atoms with van der Waals surface area (Å²) in [5, 5.41) is 0. The van der Waals surface area contributed by atoms with Gasteiger partial charge in [0.1, 0.15) is 0 Å². The Morgan fingerprint density at radius 3 is 2.60 bits per heavy atom. The minimum Gasteiger partial charge on any atom is -0.373 e. The number of hydrogen-bond acceptors (Lipinski definition) is 3. The van der Waals surface area contributed by atoms with Gasteiger partial charge in [-0.15, -0.1) is 0 Å². The van der Waals surface area contributed by atoms with Gasteiger partial charge in [0.25, 0.3) is 0 Å². The van der Waals surface area contributed by atoms with Gasteiger partial charge in [-0.25, -0.2) is 4.98 Å². The van der Waals surface area contributed by atoms with Crippen LogP contribution < -0.4 is 4.81 Å². The molecule has 4 nitrogen and oxygen atoms in total. The first kappa shape index (κ1) is 12.8. The maximum atomic E-state index is 4.32. The van der Waals surface area contributed by atoms with Crippen molar-refractivity contribution in [1.29, 1.82) is 0 Å². The number of hydrogen-bond donors (Lipinski definition) is 0. The predicted octanol–water partition coefficient (Wildman–Crippen LogP) is 0.482. The monoisotopic (exact) mass is 384 g/mol. The van der Waals surface area contributed by atoms with Crippen LogP contribution in [-0.2, 0) is 27.2 Å². The van der Waals surface area contributed by atoms with Gasteiger partial charge in [0.05, 0.1) is 0 Å². The van der Waals surface area contributed by atoms with E-state index in [-0.39, 0.29) is 20.1 Å². The summed E-state index contributed by atoms with van der Waals surface area (Å²) in [5.41, 5.74) is 0. The summed E-state index contributed by atoms with van der Waals surface area (Å²) in [7, 11) is 4.18. The van der Waals surface area contributed by atoms with Crippen LogP contribution in [0.25, 0.3) is 0 Å². The standard InChI is InChI=1S/C9H16BN4.Ir/c1-8(2)13-6-7-14(10-13)9-11-4-5-12(9)3;/h4-5,8H,6-7H2,1-3H3;. The molecular formula is C9H16BIrN4. The summed E-state index contributed by atoms with van der Waals surface area (Å²) < 4.78 is 2.04. The second kappa shape index (κ2) is 5.15. The predicted molar refractivity (Wildman–Crippen MR) is 58.2 cm³/mol. The molecule has 1 aliphatic heterocycles. The number of imidazole rings is 1. The molecule has 2 heterocycles. The fraction of sp³-hybridized carbons (Fsp3) is 0.667. The molecule has 0 unspecified atom stereocenters. The van der Waals surface area contributed by atoms with E-state index in [0.717, 1.165) is 19.0 Å². The Hall–Kier alpha value is -0.316. The Morgan fingerprint density at radius 1 is 1.40 bits per heavy atom. The molecule has 0 saturated carbocycles. The summed E-state index contributed by atoms with van der Waals surface area (Å²) >= 11 is 0. The van der Waals surface area contributed by atoms with Crippen molar-refractivity contribution in [3.05, 3.63) is 12.4 Å². The van der Waals surface area contributed by atoms with Crippen LogP contribution in [-0.4, -0.2) is 41.0 Å². The molecule has 2 rings (SSSR count). The Bertz CT molecular complexity index is 315. The molecule has 0 aromatic carbocycles.